The Hall–Kier alpha value is -2.53. The Morgan fingerprint density at radius 3 is 2.58 bits per heavy atom. The first-order chi connectivity index (χ1) is 17.2. The van der Waals surface area contributed by atoms with Gasteiger partial charge in [0.2, 0.25) is 10.0 Å². The molecule has 1 aliphatic rings. The number of fused-ring (bicyclic) bond motifs is 1. The van der Waals surface area contributed by atoms with E-state index in [1.165, 1.54) is 11.3 Å². The maximum absolute atomic E-state index is 13.6. The average molecular weight is 531 g/mol. The molecule has 4 rings (SSSR count). The summed E-state index contributed by atoms with van der Waals surface area (Å²) in [6.07, 6.45) is 2.69. The van der Waals surface area contributed by atoms with Crippen molar-refractivity contribution in [3.63, 3.8) is 0 Å². The Kier molecular flexibility index (Phi) is 8.29. The van der Waals surface area contributed by atoms with Crippen molar-refractivity contribution in [1.29, 1.82) is 0 Å². The van der Waals surface area contributed by atoms with E-state index in [0.29, 0.717) is 36.2 Å². The van der Waals surface area contributed by atoms with Crippen molar-refractivity contribution in [2.24, 2.45) is 5.92 Å². The first-order valence-electron chi connectivity index (χ1n) is 12.2. The fourth-order valence-electron chi connectivity index (χ4n) is 4.40. The number of amides is 1. The molecule has 1 aromatic heterocycles. The molecule has 1 saturated heterocycles. The number of sulfonamides is 1. The molecule has 1 unspecified atom stereocenters. The highest BCUT2D eigenvalue weighted by Crippen LogP contribution is 2.32. The van der Waals surface area contributed by atoms with Crippen LogP contribution < -0.4 is 9.64 Å². The van der Waals surface area contributed by atoms with Gasteiger partial charge in [-0.15, -0.1) is 0 Å². The molecule has 1 aliphatic heterocycles. The lowest BCUT2D eigenvalue weighted by atomic mass is 10.0. The number of anilines is 1. The number of benzene rings is 2. The predicted molar refractivity (Wildman–Crippen MR) is 145 cm³/mol. The monoisotopic (exact) mass is 530 g/mol. The summed E-state index contributed by atoms with van der Waals surface area (Å²) in [6, 6.07) is 12.0. The lowest BCUT2D eigenvalue weighted by Gasteiger charge is -2.30. The molecule has 0 spiro atoms. The molecule has 2 heterocycles. The maximum atomic E-state index is 13.6. The topological polar surface area (TPSA) is 83.0 Å². The molecule has 0 aliphatic carbocycles. The zero-order valence-electron chi connectivity index (χ0n) is 21.3. The van der Waals surface area contributed by atoms with Crippen molar-refractivity contribution in [3.8, 4) is 5.75 Å². The molecular formula is C26H34N4O4S2. The Bertz CT molecular complexity index is 1310. The van der Waals surface area contributed by atoms with E-state index in [-0.39, 0.29) is 10.8 Å². The lowest BCUT2D eigenvalue weighted by molar-refractivity contribution is 0.0986. The van der Waals surface area contributed by atoms with Crippen molar-refractivity contribution in [1.82, 2.24) is 14.2 Å². The number of hydrogen-bond donors (Lipinski definition) is 0. The summed E-state index contributed by atoms with van der Waals surface area (Å²) in [6.45, 7) is 4.47. The minimum absolute atomic E-state index is 0.199. The summed E-state index contributed by atoms with van der Waals surface area (Å²) >= 11 is 1.44. The van der Waals surface area contributed by atoms with Gasteiger partial charge in [-0.3, -0.25) is 9.69 Å². The number of hydrogen-bond acceptors (Lipinski definition) is 7. The van der Waals surface area contributed by atoms with Crippen LogP contribution in [0.5, 0.6) is 5.75 Å². The fourth-order valence-corrected chi connectivity index (χ4v) is 7.02. The molecule has 194 valence electrons. The van der Waals surface area contributed by atoms with E-state index in [4.69, 9.17) is 9.72 Å². The number of thiazole rings is 1. The summed E-state index contributed by atoms with van der Waals surface area (Å²) in [5.41, 5.74) is 1.24. The van der Waals surface area contributed by atoms with Gasteiger partial charge in [0, 0.05) is 25.2 Å². The molecule has 2 aromatic carbocycles. The molecule has 36 heavy (non-hydrogen) atoms. The largest absolute Gasteiger partial charge is 0.497 e. The zero-order valence-corrected chi connectivity index (χ0v) is 22.9. The van der Waals surface area contributed by atoms with E-state index in [1.807, 2.05) is 32.3 Å². The first-order valence-corrected chi connectivity index (χ1v) is 14.5. The highest BCUT2D eigenvalue weighted by Gasteiger charge is 2.29. The molecule has 1 amide bonds. The lowest BCUT2D eigenvalue weighted by Crippen LogP contribution is -2.39. The minimum Gasteiger partial charge on any atom is -0.497 e. The van der Waals surface area contributed by atoms with E-state index >= 15 is 0 Å². The molecule has 0 bridgehead atoms. The summed E-state index contributed by atoms with van der Waals surface area (Å²) in [7, 11) is 2.04. The van der Waals surface area contributed by atoms with Crippen LogP contribution in [0.4, 0.5) is 5.13 Å². The van der Waals surface area contributed by atoms with E-state index < -0.39 is 10.0 Å². The van der Waals surface area contributed by atoms with Gasteiger partial charge in [-0.2, -0.15) is 4.31 Å². The molecule has 1 atom stereocenters. The van der Waals surface area contributed by atoms with Gasteiger partial charge in [-0.05, 0) is 88.3 Å². The number of rotatable bonds is 9. The zero-order chi connectivity index (χ0) is 25.9. The number of piperidine rings is 1. The van der Waals surface area contributed by atoms with Gasteiger partial charge >= 0.3 is 0 Å². The second-order valence-corrected chi connectivity index (χ2v) is 12.5. The first kappa shape index (κ1) is 26.5. The Morgan fingerprint density at radius 1 is 1.17 bits per heavy atom. The second kappa shape index (κ2) is 11.2. The summed E-state index contributed by atoms with van der Waals surface area (Å²) in [5.74, 6) is 0.886. The standard InChI is InChI=1S/C26H34N4O4S2/c1-19-7-5-15-29(18-19)36(32,33)22-11-8-20(9-12-22)25(31)30(16-6-14-28(2)3)26-27-23-13-10-21(34-4)17-24(23)35-26/h8-13,17,19H,5-7,14-16,18H2,1-4H3. The van der Waals surface area contributed by atoms with Gasteiger partial charge in [-0.1, -0.05) is 18.3 Å². The molecule has 0 radical (unpaired) electrons. The van der Waals surface area contributed by atoms with Crippen LogP contribution in [0.2, 0.25) is 0 Å². The third kappa shape index (κ3) is 5.88. The van der Waals surface area contributed by atoms with Crippen LogP contribution in [-0.4, -0.2) is 75.9 Å². The van der Waals surface area contributed by atoms with Crippen molar-refractivity contribution in [2.75, 3.05) is 52.3 Å². The number of nitrogens with zero attached hydrogens (tertiary/aromatic N) is 4. The Balaban J connectivity index is 1.60. The van der Waals surface area contributed by atoms with Crippen LogP contribution in [0.1, 0.15) is 36.5 Å². The third-order valence-corrected chi connectivity index (χ3v) is 9.33. The maximum Gasteiger partial charge on any atom is 0.260 e. The third-order valence-electron chi connectivity index (χ3n) is 6.41. The smallest absolute Gasteiger partial charge is 0.260 e. The summed E-state index contributed by atoms with van der Waals surface area (Å²) in [4.78, 5) is 22.3. The van der Waals surface area contributed by atoms with Crippen molar-refractivity contribution in [2.45, 2.75) is 31.1 Å². The molecule has 0 saturated carbocycles. The van der Waals surface area contributed by atoms with E-state index in [0.717, 1.165) is 41.8 Å². The van der Waals surface area contributed by atoms with E-state index in [9.17, 15) is 13.2 Å². The summed E-state index contributed by atoms with van der Waals surface area (Å²) in [5, 5.41) is 0.612. The quantitative estimate of drug-likeness (QED) is 0.410. The SMILES string of the molecule is COc1ccc2nc(N(CCCN(C)C)C(=O)c3ccc(S(=O)(=O)N4CCCC(C)C4)cc3)sc2c1. The molecule has 0 N–H and O–H groups in total. The normalized spacial score (nSPS) is 17.0. The summed E-state index contributed by atoms with van der Waals surface area (Å²) < 4.78 is 34.1. The van der Waals surface area contributed by atoms with Crippen LogP contribution in [0, 0.1) is 5.92 Å². The van der Waals surface area contributed by atoms with Crippen LogP contribution in [-0.2, 0) is 10.0 Å². The van der Waals surface area contributed by atoms with Crippen LogP contribution in [0.25, 0.3) is 10.2 Å². The van der Waals surface area contributed by atoms with Gasteiger partial charge in [0.05, 0.1) is 22.2 Å². The number of ether oxygens (including phenoxy) is 1. The van der Waals surface area contributed by atoms with Crippen LogP contribution >= 0.6 is 11.3 Å². The fraction of sp³-hybridized carbons (Fsp3) is 0.462. The van der Waals surface area contributed by atoms with Crippen molar-refractivity contribution >= 4 is 42.6 Å². The Morgan fingerprint density at radius 2 is 1.92 bits per heavy atom. The molecular weight excluding hydrogens is 496 g/mol. The number of carbonyl (C=O) groups is 1. The van der Waals surface area contributed by atoms with Crippen LogP contribution in [0.15, 0.2) is 47.4 Å². The average Bonchev–Trinajstić information content (AvgIpc) is 3.29. The highest BCUT2D eigenvalue weighted by atomic mass is 32.2. The van der Waals surface area contributed by atoms with Crippen LogP contribution in [0.3, 0.4) is 0 Å². The molecule has 3 aromatic rings. The van der Waals surface area contributed by atoms with Gasteiger partial charge in [0.15, 0.2) is 5.13 Å². The Labute approximate surface area is 217 Å². The number of carbonyl (C=O) groups excluding carboxylic acids is 1. The molecule has 8 nitrogen and oxygen atoms in total. The molecule has 1 fully saturated rings. The van der Waals surface area contributed by atoms with Gasteiger partial charge in [-0.25, -0.2) is 13.4 Å². The number of methoxy groups -OCH3 is 1. The van der Waals surface area contributed by atoms with Gasteiger partial charge in [0.1, 0.15) is 5.75 Å². The van der Waals surface area contributed by atoms with E-state index in [2.05, 4.69) is 11.8 Å². The second-order valence-electron chi connectivity index (χ2n) is 9.58. The molecule has 10 heteroatoms. The van der Waals surface area contributed by atoms with Gasteiger partial charge in [0.25, 0.3) is 5.91 Å². The number of aromatic nitrogens is 1. The highest BCUT2D eigenvalue weighted by molar-refractivity contribution is 7.89. The minimum atomic E-state index is -3.58. The van der Waals surface area contributed by atoms with Crippen molar-refractivity contribution < 1.29 is 17.9 Å². The predicted octanol–water partition coefficient (Wildman–Crippen LogP) is 4.32. The van der Waals surface area contributed by atoms with Gasteiger partial charge < -0.3 is 9.64 Å². The van der Waals surface area contributed by atoms with Crippen molar-refractivity contribution in [3.05, 3.63) is 48.0 Å². The van der Waals surface area contributed by atoms with E-state index in [1.54, 1.807) is 40.6 Å².